The summed E-state index contributed by atoms with van der Waals surface area (Å²) in [5, 5.41) is 8.65. The number of benzene rings is 1. The van der Waals surface area contributed by atoms with Crippen molar-refractivity contribution in [3.63, 3.8) is 0 Å². The highest BCUT2D eigenvalue weighted by atomic mass is 16.7. The minimum atomic E-state index is -0.929. The Labute approximate surface area is 186 Å². The van der Waals surface area contributed by atoms with E-state index in [0.717, 1.165) is 19.3 Å². The van der Waals surface area contributed by atoms with Gasteiger partial charge in [-0.2, -0.15) is 0 Å². The lowest BCUT2D eigenvalue weighted by atomic mass is 9.81. The van der Waals surface area contributed by atoms with E-state index >= 15 is 0 Å². The largest absolute Gasteiger partial charge is 0.454 e. The fourth-order valence-electron chi connectivity index (χ4n) is 4.27. The second-order valence-corrected chi connectivity index (χ2v) is 8.29. The molecule has 0 bridgehead atoms. The molecule has 3 N–H and O–H groups in total. The second kappa shape index (κ2) is 10.1. The molecule has 0 spiro atoms. The van der Waals surface area contributed by atoms with Gasteiger partial charge in [0, 0.05) is 37.8 Å². The number of carbonyl (C=O) groups excluding carboxylic acids is 3. The molecule has 2 aliphatic heterocycles. The van der Waals surface area contributed by atoms with Crippen molar-refractivity contribution in [3.8, 4) is 11.5 Å². The van der Waals surface area contributed by atoms with Crippen molar-refractivity contribution in [2.75, 3.05) is 45.0 Å². The molecule has 0 radical (unpaired) electrons. The predicted octanol–water partition coefficient (Wildman–Crippen LogP) is 1.60. The van der Waals surface area contributed by atoms with E-state index in [9.17, 15) is 14.4 Å². The molecule has 10 heteroatoms. The van der Waals surface area contributed by atoms with Crippen LogP contribution in [0.1, 0.15) is 38.5 Å². The van der Waals surface area contributed by atoms with Gasteiger partial charge in [-0.05, 0) is 25.0 Å². The Morgan fingerprint density at radius 1 is 1.00 bits per heavy atom. The van der Waals surface area contributed by atoms with Crippen molar-refractivity contribution in [3.05, 3.63) is 18.2 Å². The number of ether oxygens (including phenoxy) is 3. The summed E-state index contributed by atoms with van der Waals surface area (Å²) in [7, 11) is 0. The number of nitrogens with one attached hydrogen (secondary N) is 3. The molecule has 32 heavy (non-hydrogen) atoms. The van der Waals surface area contributed by atoms with Crippen molar-refractivity contribution < 1.29 is 28.6 Å². The monoisotopic (exact) mass is 446 g/mol. The number of fused-ring (bicyclic) bond motifs is 1. The maximum Gasteiger partial charge on any atom is 0.318 e. The van der Waals surface area contributed by atoms with Crippen LogP contribution < -0.4 is 25.4 Å². The van der Waals surface area contributed by atoms with Gasteiger partial charge in [0.1, 0.15) is 5.54 Å². The Morgan fingerprint density at radius 3 is 2.53 bits per heavy atom. The van der Waals surface area contributed by atoms with Crippen LogP contribution in [0.2, 0.25) is 0 Å². The van der Waals surface area contributed by atoms with Gasteiger partial charge in [-0.3, -0.25) is 9.59 Å². The molecule has 1 aromatic rings. The molecule has 1 saturated heterocycles. The summed E-state index contributed by atoms with van der Waals surface area (Å²) in [5.74, 6) is 0.785. The molecule has 10 nitrogen and oxygen atoms in total. The zero-order valence-electron chi connectivity index (χ0n) is 18.1. The van der Waals surface area contributed by atoms with Crippen LogP contribution >= 0.6 is 0 Å². The molecule has 174 valence electrons. The van der Waals surface area contributed by atoms with E-state index in [-0.39, 0.29) is 37.6 Å². The third kappa shape index (κ3) is 5.24. The average Bonchev–Trinajstić information content (AvgIpc) is 3.28. The van der Waals surface area contributed by atoms with Crippen LogP contribution in [-0.2, 0) is 14.3 Å². The lowest BCUT2D eigenvalue weighted by molar-refractivity contribution is -0.128. The lowest BCUT2D eigenvalue weighted by Gasteiger charge is -2.39. The molecule has 1 aliphatic carbocycles. The summed E-state index contributed by atoms with van der Waals surface area (Å²) in [6, 6.07) is 4.95. The van der Waals surface area contributed by atoms with Crippen LogP contribution in [0.15, 0.2) is 18.2 Å². The van der Waals surface area contributed by atoms with Gasteiger partial charge in [0.05, 0.1) is 13.2 Å². The summed E-state index contributed by atoms with van der Waals surface area (Å²) >= 11 is 0. The van der Waals surface area contributed by atoms with Crippen molar-refractivity contribution in [2.45, 2.75) is 44.1 Å². The average molecular weight is 447 g/mol. The molecular weight excluding hydrogens is 416 g/mol. The van der Waals surface area contributed by atoms with Crippen LogP contribution in [0, 0.1) is 0 Å². The normalized spacial score (nSPS) is 19.2. The van der Waals surface area contributed by atoms with Crippen molar-refractivity contribution >= 4 is 23.5 Å². The maximum atomic E-state index is 13.1. The third-order valence-electron chi connectivity index (χ3n) is 6.08. The highest BCUT2D eigenvalue weighted by Crippen LogP contribution is 2.34. The first-order valence-corrected chi connectivity index (χ1v) is 11.2. The quantitative estimate of drug-likeness (QED) is 0.611. The van der Waals surface area contributed by atoms with Gasteiger partial charge < -0.3 is 35.1 Å². The standard InChI is InChI=1S/C22H30N4O6/c27-19(24-16-4-5-17-18(14-16)32-15-31-17)6-9-23-20(28)22(7-2-1-3-8-22)25-21(29)26-10-12-30-13-11-26/h4-5,14H,1-3,6-13,15H2,(H,23,28)(H,24,27)(H,25,29). The third-order valence-corrected chi connectivity index (χ3v) is 6.08. The first-order valence-electron chi connectivity index (χ1n) is 11.2. The van der Waals surface area contributed by atoms with Gasteiger partial charge in [0.2, 0.25) is 18.6 Å². The summed E-state index contributed by atoms with van der Waals surface area (Å²) in [5.41, 5.74) is -0.325. The number of hydrogen-bond acceptors (Lipinski definition) is 6. The van der Waals surface area contributed by atoms with Gasteiger partial charge in [0.15, 0.2) is 11.5 Å². The van der Waals surface area contributed by atoms with E-state index in [1.165, 1.54) is 0 Å². The molecule has 4 rings (SSSR count). The highest BCUT2D eigenvalue weighted by Gasteiger charge is 2.41. The number of rotatable bonds is 6. The van der Waals surface area contributed by atoms with Gasteiger partial charge in [-0.15, -0.1) is 0 Å². The van der Waals surface area contributed by atoms with Crippen LogP contribution in [0.5, 0.6) is 11.5 Å². The summed E-state index contributed by atoms with van der Waals surface area (Å²) in [6.45, 7) is 2.40. The SMILES string of the molecule is O=C(CCNC(=O)C1(NC(=O)N2CCOCC2)CCCCC1)Nc1ccc2c(c1)OCO2. The minimum Gasteiger partial charge on any atom is -0.454 e. The molecule has 4 amide bonds. The first kappa shape index (κ1) is 22.2. The summed E-state index contributed by atoms with van der Waals surface area (Å²) < 4.78 is 15.9. The molecule has 1 aromatic carbocycles. The van der Waals surface area contributed by atoms with E-state index in [1.807, 2.05) is 0 Å². The predicted molar refractivity (Wildman–Crippen MR) is 116 cm³/mol. The van der Waals surface area contributed by atoms with Crippen LogP contribution in [0.25, 0.3) is 0 Å². The summed E-state index contributed by atoms with van der Waals surface area (Å²) in [6.07, 6.45) is 4.10. The fourth-order valence-corrected chi connectivity index (χ4v) is 4.27. The van der Waals surface area contributed by atoms with E-state index in [4.69, 9.17) is 14.2 Å². The van der Waals surface area contributed by atoms with E-state index in [1.54, 1.807) is 23.1 Å². The van der Waals surface area contributed by atoms with Crippen LogP contribution in [-0.4, -0.2) is 67.9 Å². The number of nitrogens with zero attached hydrogens (tertiary/aromatic N) is 1. The zero-order valence-corrected chi connectivity index (χ0v) is 18.1. The molecule has 3 aliphatic rings. The Balaban J connectivity index is 1.28. The van der Waals surface area contributed by atoms with Gasteiger partial charge in [-0.1, -0.05) is 19.3 Å². The molecule has 1 saturated carbocycles. The fraction of sp³-hybridized carbons (Fsp3) is 0.591. The van der Waals surface area contributed by atoms with Crippen molar-refractivity contribution in [2.24, 2.45) is 0 Å². The number of hydrogen-bond donors (Lipinski definition) is 3. The van der Waals surface area contributed by atoms with E-state index in [0.29, 0.717) is 56.3 Å². The Bertz CT molecular complexity index is 849. The van der Waals surface area contributed by atoms with Crippen molar-refractivity contribution in [1.82, 2.24) is 15.5 Å². The Hall–Kier alpha value is -3.01. The van der Waals surface area contributed by atoms with E-state index in [2.05, 4.69) is 16.0 Å². The van der Waals surface area contributed by atoms with Crippen molar-refractivity contribution in [1.29, 1.82) is 0 Å². The first-order chi connectivity index (χ1) is 15.6. The van der Waals surface area contributed by atoms with Gasteiger partial charge >= 0.3 is 6.03 Å². The maximum absolute atomic E-state index is 13.1. The molecule has 2 fully saturated rings. The molecule has 0 atom stereocenters. The number of carbonyl (C=O) groups is 3. The number of anilines is 1. The molecular formula is C22H30N4O6. The summed E-state index contributed by atoms with van der Waals surface area (Å²) in [4.78, 5) is 39.8. The van der Waals surface area contributed by atoms with Gasteiger partial charge in [0.25, 0.3) is 0 Å². The molecule has 0 aromatic heterocycles. The smallest absolute Gasteiger partial charge is 0.318 e. The van der Waals surface area contributed by atoms with E-state index < -0.39 is 5.54 Å². The topological polar surface area (TPSA) is 118 Å². The number of morpholine rings is 1. The highest BCUT2D eigenvalue weighted by molar-refractivity contribution is 5.93. The number of amides is 4. The zero-order chi connectivity index (χ0) is 22.4. The molecule has 2 heterocycles. The van der Waals surface area contributed by atoms with Crippen LogP contribution in [0.4, 0.5) is 10.5 Å². The Morgan fingerprint density at radius 2 is 1.75 bits per heavy atom. The number of urea groups is 1. The minimum absolute atomic E-state index is 0.119. The molecule has 0 unspecified atom stereocenters. The Kier molecular flexibility index (Phi) is 6.99. The second-order valence-electron chi connectivity index (χ2n) is 8.29. The lowest BCUT2D eigenvalue weighted by Crippen LogP contribution is -2.62. The van der Waals surface area contributed by atoms with Gasteiger partial charge in [-0.25, -0.2) is 4.79 Å². The van der Waals surface area contributed by atoms with Crippen LogP contribution in [0.3, 0.4) is 0 Å².